The van der Waals surface area contributed by atoms with Gasteiger partial charge in [0.05, 0.1) is 6.20 Å². The van der Waals surface area contributed by atoms with Crippen LogP contribution < -0.4 is 10.1 Å². The number of pyridine rings is 1. The highest BCUT2D eigenvalue weighted by Gasteiger charge is 2.16. The number of ether oxygens (including phenoxy) is 1. The van der Waals surface area contributed by atoms with Crippen molar-refractivity contribution in [3.63, 3.8) is 0 Å². The van der Waals surface area contributed by atoms with E-state index in [1.807, 2.05) is 36.5 Å². The maximum absolute atomic E-state index is 5.91. The van der Waals surface area contributed by atoms with Crippen LogP contribution in [0.3, 0.4) is 0 Å². The third-order valence-corrected chi connectivity index (χ3v) is 3.46. The Morgan fingerprint density at radius 1 is 1.16 bits per heavy atom. The molecule has 4 heteroatoms. The van der Waals surface area contributed by atoms with Crippen molar-refractivity contribution in [1.29, 1.82) is 0 Å². The van der Waals surface area contributed by atoms with Crippen LogP contribution in [0, 0.1) is 0 Å². The summed E-state index contributed by atoms with van der Waals surface area (Å²) in [5, 5.41) is 4.02. The molecular formula is C15H15ClN2O. The molecule has 0 aliphatic carbocycles. The lowest BCUT2D eigenvalue weighted by atomic mass is 10.1. The molecule has 1 fully saturated rings. The molecule has 0 spiro atoms. The van der Waals surface area contributed by atoms with Gasteiger partial charge in [0.15, 0.2) is 0 Å². The summed E-state index contributed by atoms with van der Waals surface area (Å²) >= 11 is 5.90. The number of hydrogen-bond donors (Lipinski definition) is 1. The van der Waals surface area contributed by atoms with Gasteiger partial charge in [0.1, 0.15) is 11.9 Å². The zero-order chi connectivity index (χ0) is 13.1. The van der Waals surface area contributed by atoms with E-state index in [2.05, 4.69) is 10.3 Å². The fourth-order valence-electron chi connectivity index (χ4n) is 2.20. The zero-order valence-electron chi connectivity index (χ0n) is 10.5. The third-order valence-electron chi connectivity index (χ3n) is 3.21. The second-order valence-electron chi connectivity index (χ2n) is 4.65. The van der Waals surface area contributed by atoms with E-state index < -0.39 is 0 Å². The molecule has 0 bridgehead atoms. The standard InChI is InChI=1S/C15H15ClN2O/c16-13-3-1-11(2-4-13)12-7-15(10-18-8-12)19-14-5-6-17-9-14/h1-4,7-8,10,14,17H,5-6,9H2/t14-/m1/s1. The second-order valence-corrected chi connectivity index (χ2v) is 5.09. The lowest BCUT2D eigenvalue weighted by Gasteiger charge is -2.12. The Morgan fingerprint density at radius 3 is 2.74 bits per heavy atom. The monoisotopic (exact) mass is 274 g/mol. The van der Waals surface area contributed by atoms with Gasteiger partial charge in [0, 0.05) is 23.3 Å². The maximum Gasteiger partial charge on any atom is 0.138 e. The molecule has 0 unspecified atom stereocenters. The summed E-state index contributed by atoms with van der Waals surface area (Å²) in [5.41, 5.74) is 2.13. The van der Waals surface area contributed by atoms with E-state index in [1.54, 1.807) is 6.20 Å². The molecular weight excluding hydrogens is 260 g/mol. The van der Waals surface area contributed by atoms with Crippen LogP contribution in [-0.4, -0.2) is 24.2 Å². The molecule has 2 aromatic rings. The minimum atomic E-state index is 0.252. The van der Waals surface area contributed by atoms with Gasteiger partial charge in [-0.2, -0.15) is 0 Å². The molecule has 1 saturated heterocycles. The summed E-state index contributed by atoms with van der Waals surface area (Å²) in [6, 6.07) is 9.76. The van der Waals surface area contributed by atoms with E-state index >= 15 is 0 Å². The molecule has 0 saturated carbocycles. The van der Waals surface area contributed by atoms with Crippen molar-refractivity contribution >= 4 is 11.6 Å². The molecule has 1 aromatic heterocycles. The number of nitrogens with zero attached hydrogens (tertiary/aromatic N) is 1. The number of halogens is 1. The molecule has 1 aromatic carbocycles. The van der Waals surface area contributed by atoms with Crippen molar-refractivity contribution in [3.8, 4) is 16.9 Å². The average molecular weight is 275 g/mol. The molecule has 1 N–H and O–H groups in total. The lowest BCUT2D eigenvalue weighted by molar-refractivity contribution is 0.222. The zero-order valence-corrected chi connectivity index (χ0v) is 11.2. The van der Waals surface area contributed by atoms with Gasteiger partial charge in [-0.15, -0.1) is 0 Å². The first-order chi connectivity index (χ1) is 9.31. The normalized spacial score (nSPS) is 18.5. The van der Waals surface area contributed by atoms with Crippen molar-refractivity contribution in [3.05, 3.63) is 47.7 Å². The first-order valence-electron chi connectivity index (χ1n) is 6.39. The SMILES string of the molecule is Clc1ccc(-c2cncc(O[C@@H]3CCNC3)c2)cc1. The predicted octanol–water partition coefficient (Wildman–Crippen LogP) is 3.14. The van der Waals surface area contributed by atoms with Crippen molar-refractivity contribution in [2.24, 2.45) is 0 Å². The van der Waals surface area contributed by atoms with Crippen molar-refractivity contribution in [2.45, 2.75) is 12.5 Å². The largest absolute Gasteiger partial charge is 0.487 e. The van der Waals surface area contributed by atoms with Crippen LogP contribution >= 0.6 is 11.6 Å². The number of rotatable bonds is 3. The fourth-order valence-corrected chi connectivity index (χ4v) is 2.33. The van der Waals surface area contributed by atoms with Crippen molar-refractivity contribution in [2.75, 3.05) is 13.1 Å². The van der Waals surface area contributed by atoms with Gasteiger partial charge in [0.25, 0.3) is 0 Å². The van der Waals surface area contributed by atoms with Crippen LogP contribution in [0.5, 0.6) is 5.75 Å². The second kappa shape index (κ2) is 5.59. The number of benzene rings is 1. The highest BCUT2D eigenvalue weighted by atomic mass is 35.5. The summed E-state index contributed by atoms with van der Waals surface area (Å²) in [6.07, 6.45) is 4.90. The van der Waals surface area contributed by atoms with Crippen LogP contribution in [-0.2, 0) is 0 Å². The number of hydrogen-bond acceptors (Lipinski definition) is 3. The van der Waals surface area contributed by atoms with Gasteiger partial charge in [0.2, 0.25) is 0 Å². The molecule has 2 heterocycles. The summed E-state index contributed by atoms with van der Waals surface area (Å²) in [4.78, 5) is 4.25. The molecule has 1 aliphatic rings. The Balaban J connectivity index is 1.80. The van der Waals surface area contributed by atoms with Gasteiger partial charge in [-0.3, -0.25) is 4.98 Å². The highest BCUT2D eigenvalue weighted by molar-refractivity contribution is 6.30. The van der Waals surface area contributed by atoms with Gasteiger partial charge >= 0.3 is 0 Å². The fraction of sp³-hybridized carbons (Fsp3) is 0.267. The van der Waals surface area contributed by atoms with Gasteiger partial charge in [-0.1, -0.05) is 23.7 Å². The Hall–Kier alpha value is -1.58. The molecule has 1 aliphatic heterocycles. The van der Waals surface area contributed by atoms with Gasteiger partial charge in [-0.25, -0.2) is 0 Å². The summed E-state index contributed by atoms with van der Waals surface area (Å²) in [6.45, 7) is 1.93. The first kappa shape index (κ1) is 12.5. The first-order valence-corrected chi connectivity index (χ1v) is 6.77. The third kappa shape index (κ3) is 3.06. The lowest BCUT2D eigenvalue weighted by Crippen LogP contribution is -2.19. The predicted molar refractivity (Wildman–Crippen MR) is 76.6 cm³/mol. The molecule has 1 atom stereocenters. The molecule has 98 valence electrons. The molecule has 19 heavy (non-hydrogen) atoms. The molecule has 3 rings (SSSR count). The van der Waals surface area contributed by atoms with Crippen LogP contribution in [0.1, 0.15) is 6.42 Å². The summed E-state index contributed by atoms with van der Waals surface area (Å²) in [5.74, 6) is 0.821. The topological polar surface area (TPSA) is 34.1 Å². The van der Waals surface area contributed by atoms with E-state index in [0.29, 0.717) is 0 Å². The van der Waals surface area contributed by atoms with Crippen LogP contribution in [0.4, 0.5) is 0 Å². The van der Waals surface area contributed by atoms with Gasteiger partial charge < -0.3 is 10.1 Å². The Bertz CT molecular complexity index is 550. The molecule has 0 amide bonds. The smallest absolute Gasteiger partial charge is 0.138 e. The van der Waals surface area contributed by atoms with E-state index in [4.69, 9.17) is 16.3 Å². The quantitative estimate of drug-likeness (QED) is 0.934. The average Bonchev–Trinajstić information content (AvgIpc) is 2.93. The van der Waals surface area contributed by atoms with E-state index in [1.165, 1.54) is 0 Å². The number of nitrogens with one attached hydrogen (secondary N) is 1. The van der Waals surface area contributed by atoms with Crippen LogP contribution in [0.2, 0.25) is 5.02 Å². The molecule has 0 radical (unpaired) electrons. The van der Waals surface area contributed by atoms with Gasteiger partial charge in [-0.05, 0) is 36.7 Å². The van der Waals surface area contributed by atoms with Crippen molar-refractivity contribution in [1.82, 2.24) is 10.3 Å². The maximum atomic E-state index is 5.91. The van der Waals surface area contributed by atoms with E-state index in [-0.39, 0.29) is 6.10 Å². The Labute approximate surface area is 117 Å². The van der Waals surface area contributed by atoms with Crippen LogP contribution in [0.25, 0.3) is 11.1 Å². The number of aromatic nitrogens is 1. The van der Waals surface area contributed by atoms with Crippen molar-refractivity contribution < 1.29 is 4.74 Å². The summed E-state index contributed by atoms with van der Waals surface area (Å²) in [7, 11) is 0. The summed E-state index contributed by atoms with van der Waals surface area (Å²) < 4.78 is 5.91. The Kier molecular flexibility index (Phi) is 3.67. The Morgan fingerprint density at radius 2 is 2.00 bits per heavy atom. The minimum Gasteiger partial charge on any atom is -0.487 e. The minimum absolute atomic E-state index is 0.252. The van der Waals surface area contributed by atoms with E-state index in [0.717, 1.165) is 41.4 Å². The van der Waals surface area contributed by atoms with Crippen LogP contribution in [0.15, 0.2) is 42.7 Å². The highest BCUT2D eigenvalue weighted by Crippen LogP contribution is 2.25. The van der Waals surface area contributed by atoms with E-state index in [9.17, 15) is 0 Å². The molecule has 3 nitrogen and oxygen atoms in total.